The molecule has 41 heavy (non-hydrogen) atoms. The Morgan fingerprint density at radius 3 is 2.54 bits per heavy atom. The van der Waals surface area contributed by atoms with Crippen molar-refractivity contribution < 1.29 is 14.0 Å². The van der Waals surface area contributed by atoms with Crippen LogP contribution in [0, 0.1) is 19.7 Å². The number of hydrogen-bond acceptors (Lipinski definition) is 6. The number of anilines is 2. The molecule has 2 aromatic heterocycles. The van der Waals surface area contributed by atoms with Crippen LogP contribution in [0.15, 0.2) is 54.2 Å². The van der Waals surface area contributed by atoms with Crippen molar-refractivity contribution in [3.63, 3.8) is 0 Å². The third kappa shape index (κ3) is 5.73. The Hall–Kier alpha value is -4.47. The summed E-state index contributed by atoms with van der Waals surface area (Å²) in [5.74, 6) is 0.183. The van der Waals surface area contributed by atoms with Crippen molar-refractivity contribution >= 4 is 29.7 Å². The molecule has 3 heterocycles. The van der Waals surface area contributed by atoms with Crippen LogP contribution < -0.4 is 4.90 Å². The second-order valence-corrected chi connectivity index (χ2v) is 10.4. The first-order valence-corrected chi connectivity index (χ1v) is 13.6. The molecule has 2 amide bonds. The minimum absolute atomic E-state index is 0.00931. The fourth-order valence-corrected chi connectivity index (χ4v) is 5.22. The Morgan fingerprint density at radius 1 is 1.20 bits per heavy atom. The second-order valence-electron chi connectivity index (χ2n) is 10.4. The quantitative estimate of drug-likeness (QED) is 0.179. The van der Waals surface area contributed by atoms with E-state index in [0.717, 1.165) is 11.3 Å². The summed E-state index contributed by atoms with van der Waals surface area (Å²) in [5.41, 5.74) is 3.62. The monoisotopic (exact) mass is 557 g/mol. The van der Waals surface area contributed by atoms with Crippen LogP contribution in [0.25, 0.3) is 11.3 Å². The summed E-state index contributed by atoms with van der Waals surface area (Å²) in [5, 5.41) is 0. The van der Waals surface area contributed by atoms with Gasteiger partial charge in [-0.1, -0.05) is 32.6 Å². The average molecular weight is 558 g/mol. The van der Waals surface area contributed by atoms with Crippen LogP contribution in [-0.4, -0.2) is 75.6 Å². The SMILES string of the molecule is C=CC(=O)N1CCN(/C(=N/C)c2nc(C)c(-c3ccccc3F)nc2N(C=O)c2c(C)ccnc2C(C)C)C(C)C1. The van der Waals surface area contributed by atoms with Crippen LogP contribution in [0.1, 0.15) is 49.3 Å². The Balaban J connectivity index is 1.95. The van der Waals surface area contributed by atoms with E-state index in [1.807, 2.05) is 33.8 Å². The molecule has 1 aliphatic heterocycles. The summed E-state index contributed by atoms with van der Waals surface area (Å²) in [6, 6.07) is 8.09. The molecule has 1 aliphatic rings. The first-order chi connectivity index (χ1) is 19.6. The van der Waals surface area contributed by atoms with Gasteiger partial charge in [-0.15, -0.1) is 0 Å². The molecule has 214 valence electrons. The Bertz CT molecular complexity index is 1500. The number of carbonyl (C=O) groups excluding carboxylic acids is 2. The fourth-order valence-electron chi connectivity index (χ4n) is 5.22. The number of benzene rings is 1. The maximum absolute atomic E-state index is 15.0. The molecule has 1 atom stereocenters. The van der Waals surface area contributed by atoms with Gasteiger partial charge in [-0.2, -0.15) is 0 Å². The molecule has 0 saturated carbocycles. The highest BCUT2D eigenvalue weighted by Crippen LogP contribution is 2.36. The van der Waals surface area contributed by atoms with Crippen molar-refractivity contribution in [2.24, 2.45) is 4.99 Å². The molecule has 10 heteroatoms. The van der Waals surface area contributed by atoms with Crippen molar-refractivity contribution in [3.8, 4) is 11.3 Å². The van der Waals surface area contributed by atoms with Gasteiger partial charge in [-0.25, -0.2) is 14.4 Å². The summed E-state index contributed by atoms with van der Waals surface area (Å²) >= 11 is 0. The van der Waals surface area contributed by atoms with Gasteiger partial charge in [0.05, 0.1) is 22.8 Å². The van der Waals surface area contributed by atoms with E-state index in [4.69, 9.17) is 9.97 Å². The van der Waals surface area contributed by atoms with Gasteiger partial charge in [-0.3, -0.25) is 24.5 Å². The van der Waals surface area contributed by atoms with Crippen LogP contribution in [0.5, 0.6) is 0 Å². The highest BCUT2D eigenvalue weighted by molar-refractivity contribution is 6.05. The van der Waals surface area contributed by atoms with Crippen molar-refractivity contribution in [2.75, 3.05) is 31.6 Å². The zero-order valence-corrected chi connectivity index (χ0v) is 24.4. The number of aryl methyl sites for hydroxylation is 2. The van der Waals surface area contributed by atoms with Gasteiger partial charge in [0, 0.05) is 44.5 Å². The van der Waals surface area contributed by atoms with Crippen molar-refractivity contribution in [3.05, 3.63) is 77.6 Å². The number of piperazine rings is 1. The lowest BCUT2D eigenvalue weighted by Crippen LogP contribution is -2.55. The van der Waals surface area contributed by atoms with E-state index >= 15 is 0 Å². The van der Waals surface area contributed by atoms with E-state index in [1.54, 1.807) is 43.3 Å². The molecular weight excluding hydrogens is 521 g/mol. The standard InChI is InChI=1S/C31H36FN7O2/c1-8-25(41)37-15-16-38(21(5)17-37)30(33-7)28-31(36-27(22(6)35-28)23-11-9-10-12-24(23)32)39(18-40)29-20(4)13-14-34-26(29)19(2)3/h8-14,18-19,21H,1,15-17H2,2-7H3/b33-30+. The van der Waals surface area contributed by atoms with Gasteiger partial charge in [0.2, 0.25) is 12.3 Å². The van der Waals surface area contributed by atoms with Gasteiger partial charge < -0.3 is 9.80 Å². The predicted molar refractivity (Wildman–Crippen MR) is 159 cm³/mol. The molecule has 0 spiro atoms. The lowest BCUT2D eigenvalue weighted by Gasteiger charge is -2.41. The molecule has 0 radical (unpaired) electrons. The van der Waals surface area contributed by atoms with Crippen molar-refractivity contribution in [2.45, 2.75) is 46.6 Å². The van der Waals surface area contributed by atoms with E-state index in [-0.39, 0.29) is 29.2 Å². The molecule has 0 aliphatic carbocycles. The number of nitrogens with zero attached hydrogens (tertiary/aromatic N) is 7. The topological polar surface area (TPSA) is 94.9 Å². The van der Waals surface area contributed by atoms with Gasteiger partial charge in [0.15, 0.2) is 11.7 Å². The van der Waals surface area contributed by atoms with E-state index < -0.39 is 5.82 Å². The maximum atomic E-state index is 15.0. The minimum Gasteiger partial charge on any atom is -0.349 e. The first kappa shape index (κ1) is 29.5. The maximum Gasteiger partial charge on any atom is 0.246 e. The highest BCUT2D eigenvalue weighted by atomic mass is 19.1. The fraction of sp³-hybridized carbons (Fsp3) is 0.355. The number of aliphatic imine (C=N–C) groups is 1. The van der Waals surface area contributed by atoms with Gasteiger partial charge in [0.25, 0.3) is 0 Å². The van der Waals surface area contributed by atoms with Crippen LogP contribution in [-0.2, 0) is 9.59 Å². The van der Waals surface area contributed by atoms with Crippen molar-refractivity contribution in [1.29, 1.82) is 0 Å². The number of rotatable bonds is 7. The van der Waals surface area contributed by atoms with Crippen LogP contribution >= 0.6 is 0 Å². The highest BCUT2D eigenvalue weighted by Gasteiger charge is 2.33. The second kappa shape index (κ2) is 12.4. The Labute approximate surface area is 240 Å². The number of amides is 2. The summed E-state index contributed by atoms with van der Waals surface area (Å²) in [7, 11) is 1.66. The van der Waals surface area contributed by atoms with E-state index in [1.165, 1.54) is 17.0 Å². The van der Waals surface area contributed by atoms with Gasteiger partial charge in [0.1, 0.15) is 11.5 Å². The number of aromatic nitrogens is 3. The number of halogens is 1. The molecular formula is C31H36FN7O2. The van der Waals surface area contributed by atoms with E-state index in [2.05, 4.69) is 21.5 Å². The van der Waals surface area contributed by atoms with E-state index in [0.29, 0.717) is 54.6 Å². The molecule has 0 N–H and O–H groups in total. The van der Waals surface area contributed by atoms with E-state index in [9.17, 15) is 14.0 Å². The normalized spacial score (nSPS) is 15.7. The summed E-state index contributed by atoms with van der Waals surface area (Å²) < 4.78 is 15.0. The molecule has 3 aromatic rings. The molecule has 0 bridgehead atoms. The molecule has 9 nitrogen and oxygen atoms in total. The number of carbonyl (C=O) groups is 2. The Morgan fingerprint density at radius 2 is 1.93 bits per heavy atom. The minimum atomic E-state index is -0.442. The molecule has 1 fully saturated rings. The zero-order chi connectivity index (χ0) is 29.8. The summed E-state index contributed by atoms with van der Waals surface area (Å²) in [6.07, 6.45) is 3.73. The summed E-state index contributed by atoms with van der Waals surface area (Å²) in [6.45, 7) is 14.7. The first-order valence-electron chi connectivity index (χ1n) is 13.6. The van der Waals surface area contributed by atoms with Crippen LogP contribution in [0.4, 0.5) is 15.9 Å². The molecule has 1 unspecified atom stereocenters. The van der Waals surface area contributed by atoms with Crippen LogP contribution in [0.3, 0.4) is 0 Å². The zero-order valence-electron chi connectivity index (χ0n) is 24.4. The average Bonchev–Trinajstić information content (AvgIpc) is 2.96. The Kier molecular flexibility index (Phi) is 8.90. The molecule has 4 rings (SSSR count). The van der Waals surface area contributed by atoms with Crippen LogP contribution in [0.2, 0.25) is 0 Å². The van der Waals surface area contributed by atoms with Crippen molar-refractivity contribution in [1.82, 2.24) is 24.8 Å². The number of amidine groups is 1. The number of pyridine rings is 1. The molecule has 1 aromatic carbocycles. The number of hydrogen-bond donors (Lipinski definition) is 0. The molecule has 1 saturated heterocycles. The lowest BCUT2D eigenvalue weighted by molar-refractivity contribution is -0.128. The third-order valence-electron chi connectivity index (χ3n) is 7.27. The largest absolute Gasteiger partial charge is 0.349 e. The predicted octanol–water partition coefficient (Wildman–Crippen LogP) is 4.81. The lowest BCUT2D eigenvalue weighted by atomic mass is 10.0. The summed E-state index contributed by atoms with van der Waals surface area (Å²) in [4.78, 5) is 49.5. The third-order valence-corrected chi connectivity index (χ3v) is 7.27. The van der Waals surface area contributed by atoms with Gasteiger partial charge >= 0.3 is 0 Å². The van der Waals surface area contributed by atoms with Gasteiger partial charge in [-0.05, 0) is 56.5 Å². The smallest absolute Gasteiger partial charge is 0.246 e.